The average molecular weight is 230 g/mol. The third-order valence-corrected chi connectivity index (χ3v) is 2.19. The largest absolute Gasteiger partial charge is 0.481 e. The van der Waals surface area contributed by atoms with E-state index in [1.165, 1.54) is 6.07 Å². The van der Waals surface area contributed by atoms with E-state index in [1.54, 1.807) is 19.9 Å². The summed E-state index contributed by atoms with van der Waals surface area (Å²) in [6, 6.07) is 2.99. The fraction of sp³-hybridized carbons (Fsp3) is 0.364. The molecule has 0 heterocycles. The summed E-state index contributed by atoms with van der Waals surface area (Å²) in [6.07, 6.45) is -0.203. The Kier molecular flexibility index (Phi) is 3.82. The molecule has 0 amide bonds. The van der Waals surface area contributed by atoms with Gasteiger partial charge in [-0.15, -0.1) is 0 Å². The number of ether oxygens (including phenoxy) is 1. The number of aryl methyl sites for hydroxylation is 2. The van der Waals surface area contributed by atoms with Crippen molar-refractivity contribution >= 4 is 5.97 Å². The van der Waals surface area contributed by atoms with Crippen molar-refractivity contribution in [1.82, 2.24) is 0 Å². The molecule has 5 heteroatoms. The van der Waals surface area contributed by atoms with Crippen molar-refractivity contribution in [3.8, 4) is 5.75 Å². The quantitative estimate of drug-likeness (QED) is 0.864. The number of benzene rings is 1. The maximum atomic E-state index is 12.1. The number of hydrogen-bond donors (Lipinski definition) is 1. The topological polar surface area (TPSA) is 46.5 Å². The first-order valence-corrected chi connectivity index (χ1v) is 4.67. The van der Waals surface area contributed by atoms with Gasteiger partial charge in [-0.05, 0) is 36.6 Å². The summed E-state index contributed by atoms with van der Waals surface area (Å²) in [4.78, 5) is 10.6. The van der Waals surface area contributed by atoms with Crippen molar-refractivity contribution in [3.63, 3.8) is 0 Å². The van der Waals surface area contributed by atoms with Gasteiger partial charge >= 0.3 is 12.6 Å². The zero-order chi connectivity index (χ0) is 12.3. The molecular formula is C11H12F2O3. The summed E-state index contributed by atoms with van der Waals surface area (Å²) in [7, 11) is 0. The summed E-state index contributed by atoms with van der Waals surface area (Å²) < 4.78 is 28.4. The van der Waals surface area contributed by atoms with Crippen molar-refractivity contribution in [2.24, 2.45) is 0 Å². The Morgan fingerprint density at radius 1 is 1.38 bits per heavy atom. The molecule has 1 aromatic rings. The predicted molar refractivity (Wildman–Crippen MR) is 53.9 cm³/mol. The first-order valence-electron chi connectivity index (χ1n) is 4.67. The second kappa shape index (κ2) is 4.92. The number of carboxylic acid groups (broad SMARTS) is 1. The number of hydrogen-bond acceptors (Lipinski definition) is 2. The molecule has 0 fully saturated rings. The highest BCUT2D eigenvalue weighted by Gasteiger charge is 2.12. The van der Waals surface area contributed by atoms with E-state index < -0.39 is 12.6 Å². The normalized spacial score (nSPS) is 10.6. The standard InChI is InChI=1S/C11H12F2O3/c1-6-3-7(2)9(16-11(12)13)4-8(6)5-10(14)15/h3-4,11H,5H2,1-2H3,(H,14,15). The van der Waals surface area contributed by atoms with Gasteiger partial charge in [0, 0.05) is 0 Å². The minimum atomic E-state index is -2.90. The zero-order valence-electron chi connectivity index (χ0n) is 8.96. The van der Waals surface area contributed by atoms with Crippen LogP contribution in [-0.4, -0.2) is 17.7 Å². The first kappa shape index (κ1) is 12.4. The van der Waals surface area contributed by atoms with Crippen LogP contribution in [0.15, 0.2) is 12.1 Å². The molecule has 0 bridgehead atoms. The molecule has 0 unspecified atom stereocenters. The lowest BCUT2D eigenvalue weighted by atomic mass is 10.0. The molecule has 16 heavy (non-hydrogen) atoms. The lowest BCUT2D eigenvalue weighted by Crippen LogP contribution is -2.07. The van der Waals surface area contributed by atoms with E-state index in [0.717, 1.165) is 5.56 Å². The van der Waals surface area contributed by atoms with Gasteiger partial charge in [0.25, 0.3) is 0 Å². The molecule has 0 radical (unpaired) electrons. The van der Waals surface area contributed by atoms with Crippen molar-refractivity contribution in [2.75, 3.05) is 0 Å². The molecule has 0 aromatic heterocycles. The van der Waals surface area contributed by atoms with E-state index in [-0.39, 0.29) is 12.2 Å². The van der Waals surface area contributed by atoms with E-state index in [2.05, 4.69) is 4.74 Å². The van der Waals surface area contributed by atoms with Gasteiger partial charge in [-0.25, -0.2) is 0 Å². The lowest BCUT2D eigenvalue weighted by Gasteiger charge is -2.11. The Morgan fingerprint density at radius 3 is 2.50 bits per heavy atom. The monoisotopic (exact) mass is 230 g/mol. The van der Waals surface area contributed by atoms with Gasteiger partial charge in [-0.1, -0.05) is 6.07 Å². The molecule has 3 nitrogen and oxygen atoms in total. The summed E-state index contributed by atoms with van der Waals surface area (Å²) in [5, 5.41) is 8.64. The minimum absolute atomic E-state index is 0.0249. The van der Waals surface area contributed by atoms with Crippen molar-refractivity contribution in [1.29, 1.82) is 0 Å². The highest BCUT2D eigenvalue weighted by atomic mass is 19.3. The number of carboxylic acids is 1. The van der Waals surface area contributed by atoms with Crippen molar-refractivity contribution in [2.45, 2.75) is 26.9 Å². The van der Waals surface area contributed by atoms with Gasteiger partial charge in [-0.3, -0.25) is 4.79 Å². The van der Waals surface area contributed by atoms with Gasteiger partial charge in [0.2, 0.25) is 0 Å². The molecule has 1 aromatic carbocycles. The van der Waals surface area contributed by atoms with E-state index in [9.17, 15) is 13.6 Å². The summed E-state index contributed by atoms with van der Waals surface area (Å²) in [6.45, 7) is 0.464. The maximum Gasteiger partial charge on any atom is 0.387 e. The third kappa shape index (κ3) is 3.18. The lowest BCUT2D eigenvalue weighted by molar-refractivity contribution is -0.136. The number of halogens is 2. The average Bonchev–Trinajstić information content (AvgIpc) is 2.11. The zero-order valence-corrected chi connectivity index (χ0v) is 8.96. The second-order valence-corrected chi connectivity index (χ2v) is 3.49. The van der Waals surface area contributed by atoms with Gasteiger partial charge < -0.3 is 9.84 Å². The van der Waals surface area contributed by atoms with E-state index in [4.69, 9.17) is 5.11 Å². The second-order valence-electron chi connectivity index (χ2n) is 3.49. The molecule has 0 saturated carbocycles. The Hall–Kier alpha value is -1.65. The highest BCUT2D eigenvalue weighted by molar-refractivity contribution is 5.71. The highest BCUT2D eigenvalue weighted by Crippen LogP contribution is 2.24. The maximum absolute atomic E-state index is 12.1. The molecule has 0 spiro atoms. The van der Waals surface area contributed by atoms with Crippen LogP contribution in [0.4, 0.5) is 8.78 Å². The van der Waals surface area contributed by atoms with Gasteiger partial charge in [0.1, 0.15) is 5.75 Å². The van der Waals surface area contributed by atoms with E-state index >= 15 is 0 Å². The van der Waals surface area contributed by atoms with Gasteiger partial charge in [0.05, 0.1) is 6.42 Å². The number of aliphatic carboxylic acids is 1. The Morgan fingerprint density at radius 2 is 2.00 bits per heavy atom. The van der Waals surface area contributed by atoms with Crippen LogP contribution in [0.5, 0.6) is 5.75 Å². The van der Waals surface area contributed by atoms with Gasteiger partial charge in [-0.2, -0.15) is 8.78 Å². The molecule has 0 aliphatic carbocycles. The first-order chi connectivity index (χ1) is 7.40. The van der Waals surface area contributed by atoms with Crippen LogP contribution < -0.4 is 4.74 Å². The molecule has 0 saturated heterocycles. The van der Waals surface area contributed by atoms with Crippen LogP contribution in [0.3, 0.4) is 0 Å². The van der Waals surface area contributed by atoms with Crippen LogP contribution >= 0.6 is 0 Å². The Bertz CT molecular complexity index is 402. The molecule has 1 rings (SSSR count). The SMILES string of the molecule is Cc1cc(C)c(OC(F)F)cc1CC(=O)O. The number of rotatable bonds is 4. The fourth-order valence-corrected chi connectivity index (χ4v) is 1.45. The molecular weight excluding hydrogens is 218 g/mol. The molecule has 0 atom stereocenters. The van der Waals surface area contributed by atoms with Crippen LogP contribution in [0.25, 0.3) is 0 Å². The Labute approximate surface area is 91.7 Å². The van der Waals surface area contributed by atoms with Crippen molar-refractivity contribution in [3.05, 3.63) is 28.8 Å². The van der Waals surface area contributed by atoms with E-state index in [0.29, 0.717) is 11.1 Å². The van der Waals surface area contributed by atoms with Crippen molar-refractivity contribution < 1.29 is 23.4 Å². The summed E-state index contributed by atoms with van der Waals surface area (Å²) >= 11 is 0. The summed E-state index contributed by atoms with van der Waals surface area (Å²) in [5.74, 6) is -0.980. The van der Waals surface area contributed by atoms with Crippen LogP contribution in [0.2, 0.25) is 0 Å². The summed E-state index contributed by atoms with van der Waals surface area (Å²) in [5.41, 5.74) is 1.79. The predicted octanol–water partition coefficient (Wildman–Crippen LogP) is 2.53. The fourth-order valence-electron chi connectivity index (χ4n) is 1.45. The molecule has 1 N–H and O–H groups in total. The molecule has 0 aliphatic heterocycles. The van der Waals surface area contributed by atoms with Crippen LogP contribution in [-0.2, 0) is 11.2 Å². The van der Waals surface area contributed by atoms with Crippen LogP contribution in [0.1, 0.15) is 16.7 Å². The Balaban J connectivity index is 3.05. The third-order valence-electron chi connectivity index (χ3n) is 2.19. The van der Waals surface area contributed by atoms with E-state index in [1.807, 2.05) is 0 Å². The van der Waals surface area contributed by atoms with Gasteiger partial charge in [0.15, 0.2) is 0 Å². The molecule has 88 valence electrons. The van der Waals surface area contributed by atoms with Crippen LogP contribution in [0, 0.1) is 13.8 Å². The smallest absolute Gasteiger partial charge is 0.387 e. The molecule has 0 aliphatic rings. The minimum Gasteiger partial charge on any atom is -0.481 e. The number of alkyl halides is 2. The number of carbonyl (C=O) groups is 1.